The first-order valence-electron chi connectivity index (χ1n) is 6.20. The highest BCUT2D eigenvalue weighted by Crippen LogP contribution is 2.26. The molecular weight excluding hydrogens is 318 g/mol. The Bertz CT molecular complexity index is 709. The van der Waals surface area contributed by atoms with Gasteiger partial charge in [-0.2, -0.15) is 0 Å². The fraction of sp³-hybridized carbons (Fsp3) is 0.231. The summed E-state index contributed by atoms with van der Waals surface area (Å²) in [5, 5.41) is 3.07. The van der Waals surface area contributed by atoms with Crippen LogP contribution in [0.4, 0.5) is 14.5 Å². The average molecular weight is 332 g/mol. The molecule has 1 aromatic heterocycles. The highest BCUT2D eigenvalue weighted by Gasteiger charge is 2.20. The van der Waals surface area contributed by atoms with Crippen molar-refractivity contribution in [1.82, 2.24) is 5.32 Å². The molecule has 0 aliphatic carbocycles. The Morgan fingerprint density at radius 1 is 1.14 bits per heavy atom. The number of rotatable bonds is 6. The van der Waals surface area contributed by atoms with Crippen molar-refractivity contribution >= 4 is 27.0 Å². The van der Waals surface area contributed by atoms with Crippen LogP contribution in [0.25, 0.3) is 0 Å². The molecule has 0 unspecified atom stereocenters. The molecule has 114 valence electrons. The average Bonchev–Trinajstić information content (AvgIpc) is 2.90. The molecule has 21 heavy (non-hydrogen) atoms. The van der Waals surface area contributed by atoms with E-state index in [0.29, 0.717) is 6.54 Å². The van der Waals surface area contributed by atoms with Gasteiger partial charge in [0.25, 0.3) is 10.0 Å². The van der Waals surface area contributed by atoms with Gasteiger partial charge in [0.15, 0.2) is 0 Å². The Labute approximate surface area is 125 Å². The van der Waals surface area contributed by atoms with Crippen molar-refractivity contribution in [3.8, 4) is 0 Å². The van der Waals surface area contributed by atoms with E-state index in [4.69, 9.17) is 0 Å². The van der Waals surface area contributed by atoms with Crippen LogP contribution in [-0.4, -0.2) is 15.0 Å². The maximum Gasteiger partial charge on any atom is 0.271 e. The molecule has 2 N–H and O–H groups in total. The minimum atomic E-state index is -4.00. The van der Waals surface area contributed by atoms with E-state index in [9.17, 15) is 17.2 Å². The molecule has 1 aromatic carbocycles. The minimum Gasteiger partial charge on any atom is -0.312 e. The minimum absolute atomic E-state index is 0.0121. The molecule has 0 fully saturated rings. The first-order chi connectivity index (χ1) is 9.94. The zero-order valence-electron chi connectivity index (χ0n) is 11.2. The summed E-state index contributed by atoms with van der Waals surface area (Å²) in [7, 11) is -4.00. The molecule has 0 atom stereocenters. The van der Waals surface area contributed by atoms with Gasteiger partial charge in [0.2, 0.25) is 0 Å². The van der Waals surface area contributed by atoms with Crippen molar-refractivity contribution in [1.29, 1.82) is 0 Å². The predicted octanol–water partition coefficient (Wildman–Crippen LogP) is 2.94. The first kappa shape index (κ1) is 15.9. The Hall–Kier alpha value is -1.51. The second-order valence-electron chi connectivity index (χ2n) is 4.20. The lowest BCUT2D eigenvalue weighted by Gasteiger charge is -2.08. The van der Waals surface area contributed by atoms with Gasteiger partial charge in [0.05, 0.1) is 0 Å². The summed E-state index contributed by atoms with van der Waals surface area (Å²) in [6.45, 7) is 3.25. The number of hydrogen-bond acceptors (Lipinski definition) is 4. The summed E-state index contributed by atoms with van der Waals surface area (Å²) in [5.41, 5.74) is -0.667. The molecule has 8 heteroatoms. The van der Waals surface area contributed by atoms with Crippen LogP contribution in [0.1, 0.15) is 11.8 Å². The lowest BCUT2D eigenvalue weighted by molar-refractivity contribution is 0.583. The van der Waals surface area contributed by atoms with Gasteiger partial charge < -0.3 is 5.32 Å². The van der Waals surface area contributed by atoms with E-state index in [-0.39, 0.29) is 4.21 Å². The fourth-order valence-corrected chi connectivity index (χ4v) is 4.03. The van der Waals surface area contributed by atoms with Crippen LogP contribution < -0.4 is 10.0 Å². The van der Waals surface area contributed by atoms with Gasteiger partial charge in [-0.1, -0.05) is 13.0 Å². The molecule has 2 aromatic rings. The largest absolute Gasteiger partial charge is 0.312 e. The number of thiophene rings is 1. The van der Waals surface area contributed by atoms with Gasteiger partial charge in [-0.05, 0) is 30.8 Å². The van der Waals surface area contributed by atoms with Gasteiger partial charge >= 0.3 is 0 Å². The van der Waals surface area contributed by atoms with Gasteiger partial charge in [-0.3, -0.25) is 4.72 Å². The molecule has 1 heterocycles. The monoisotopic (exact) mass is 332 g/mol. The van der Waals surface area contributed by atoms with Crippen molar-refractivity contribution < 1.29 is 17.2 Å². The molecule has 0 amide bonds. The zero-order valence-corrected chi connectivity index (χ0v) is 12.8. The lowest BCUT2D eigenvalue weighted by atomic mass is 10.3. The summed E-state index contributed by atoms with van der Waals surface area (Å²) in [6.07, 6.45) is 0. The normalized spacial score (nSPS) is 11.6. The second-order valence-corrected chi connectivity index (χ2v) is 7.28. The van der Waals surface area contributed by atoms with Crippen LogP contribution in [0.2, 0.25) is 0 Å². The van der Waals surface area contributed by atoms with Crippen molar-refractivity contribution in [3.63, 3.8) is 0 Å². The summed E-state index contributed by atoms with van der Waals surface area (Å²) in [6, 6.07) is 6.23. The van der Waals surface area contributed by atoms with Gasteiger partial charge in [-0.25, -0.2) is 17.2 Å². The Morgan fingerprint density at radius 3 is 2.43 bits per heavy atom. The molecule has 0 bridgehead atoms. The number of nitrogens with one attached hydrogen (secondary N) is 2. The number of hydrogen-bond donors (Lipinski definition) is 2. The molecule has 0 saturated heterocycles. The molecule has 0 saturated carbocycles. The fourth-order valence-electron chi connectivity index (χ4n) is 1.63. The number of sulfonamides is 1. The zero-order chi connectivity index (χ0) is 15.5. The van der Waals surface area contributed by atoms with Crippen LogP contribution in [0.3, 0.4) is 0 Å². The Kier molecular flexibility index (Phi) is 4.92. The third kappa shape index (κ3) is 3.78. The van der Waals surface area contributed by atoms with Crippen molar-refractivity contribution in [2.24, 2.45) is 0 Å². The van der Waals surface area contributed by atoms with E-state index in [1.54, 1.807) is 6.07 Å². The van der Waals surface area contributed by atoms with Gasteiger partial charge in [0.1, 0.15) is 21.5 Å². The SMILES string of the molecule is CCNCc1ccc(S(=O)(=O)Nc2c(F)cccc2F)s1. The highest BCUT2D eigenvalue weighted by atomic mass is 32.2. The maximum absolute atomic E-state index is 13.5. The summed E-state index contributed by atoms with van der Waals surface area (Å²) < 4.78 is 53.2. The maximum atomic E-state index is 13.5. The third-order valence-electron chi connectivity index (χ3n) is 2.65. The van der Waals surface area contributed by atoms with E-state index < -0.39 is 27.3 Å². The highest BCUT2D eigenvalue weighted by molar-refractivity contribution is 7.94. The van der Waals surface area contributed by atoms with Crippen LogP contribution in [0.5, 0.6) is 0 Å². The van der Waals surface area contributed by atoms with Crippen LogP contribution in [0, 0.1) is 11.6 Å². The second kappa shape index (κ2) is 6.50. The molecule has 4 nitrogen and oxygen atoms in total. The van der Waals surface area contributed by atoms with Crippen molar-refractivity contribution in [3.05, 3.63) is 46.8 Å². The number of benzene rings is 1. The number of para-hydroxylation sites is 1. The molecular formula is C13H14F2N2O2S2. The topological polar surface area (TPSA) is 58.2 Å². The summed E-state index contributed by atoms with van der Waals surface area (Å²) in [4.78, 5) is 0.825. The van der Waals surface area contributed by atoms with E-state index in [1.807, 2.05) is 11.6 Å². The molecule has 0 radical (unpaired) electrons. The van der Waals surface area contributed by atoms with Crippen LogP contribution in [-0.2, 0) is 16.6 Å². The number of anilines is 1. The van der Waals surface area contributed by atoms with Crippen LogP contribution >= 0.6 is 11.3 Å². The van der Waals surface area contributed by atoms with Gasteiger partial charge in [-0.15, -0.1) is 11.3 Å². The van der Waals surface area contributed by atoms with Crippen molar-refractivity contribution in [2.45, 2.75) is 17.7 Å². The van der Waals surface area contributed by atoms with Crippen molar-refractivity contribution in [2.75, 3.05) is 11.3 Å². The summed E-state index contributed by atoms with van der Waals surface area (Å²) in [5.74, 6) is -1.91. The molecule has 0 aliphatic heterocycles. The third-order valence-corrected chi connectivity index (χ3v) is 5.58. The Morgan fingerprint density at radius 2 is 1.81 bits per heavy atom. The quantitative estimate of drug-likeness (QED) is 0.855. The standard InChI is InChI=1S/C13H14F2N2O2S2/c1-2-16-8-9-6-7-12(20-9)21(18,19)17-13-10(14)4-3-5-11(13)15/h3-7,16-17H,2,8H2,1H3. The smallest absolute Gasteiger partial charge is 0.271 e. The predicted molar refractivity (Wildman–Crippen MR) is 78.9 cm³/mol. The first-order valence-corrected chi connectivity index (χ1v) is 8.50. The number of halogens is 2. The van der Waals surface area contributed by atoms with E-state index >= 15 is 0 Å². The Balaban J connectivity index is 2.24. The van der Waals surface area contributed by atoms with Crippen LogP contribution in [0.15, 0.2) is 34.5 Å². The lowest BCUT2D eigenvalue weighted by Crippen LogP contribution is -2.14. The summed E-state index contributed by atoms with van der Waals surface area (Å²) >= 11 is 1.05. The van der Waals surface area contributed by atoms with E-state index in [2.05, 4.69) is 5.32 Å². The van der Waals surface area contributed by atoms with E-state index in [1.165, 1.54) is 12.1 Å². The molecule has 0 spiro atoms. The van der Waals surface area contributed by atoms with E-state index in [0.717, 1.165) is 34.9 Å². The molecule has 2 rings (SSSR count). The molecule has 0 aliphatic rings. The van der Waals surface area contributed by atoms with Gasteiger partial charge in [0, 0.05) is 11.4 Å².